The van der Waals surface area contributed by atoms with Crippen molar-refractivity contribution in [2.24, 2.45) is 5.41 Å². The van der Waals surface area contributed by atoms with Gasteiger partial charge in [-0.05, 0) is 24.0 Å². The van der Waals surface area contributed by atoms with Crippen LogP contribution >= 0.6 is 0 Å². The average Bonchev–Trinajstić information content (AvgIpc) is 2.26. The maximum Gasteiger partial charge on any atom is 0.120 e. The maximum atomic E-state index is 9.13. The lowest BCUT2D eigenvalue weighted by molar-refractivity contribution is 0.370. The van der Waals surface area contributed by atoms with Crippen LogP contribution in [0.25, 0.3) is 0 Å². The molecule has 0 radical (unpaired) electrons. The van der Waals surface area contributed by atoms with Gasteiger partial charge in [0.15, 0.2) is 0 Å². The standard InChI is InChI=1S/C14H20N2O/c1-14(2,3)9-12(10-15)16-11-6-5-7-13(8-11)17-4/h5-8,12,16H,9H2,1-4H3. The molecule has 1 atom stereocenters. The molecule has 0 saturated carbocycles. The molecule has 1 aromatic carbocycles. The molecule has 0 bridgehead atoms. The number of rotatable bonds is 4. The molecular formula is C14H20N2O. The Hall–Kier alpha value is -1.69. The van der Waals surface area contributed by atoms with Gasteiger partial charge in [0.1, 0.15) is 11.8 Å². The summed E-state index contributed by atoms with van der Waals surface area (Å²) in [5.74, 6) is 0.794. The minimum Gasteiger partial charge on any atom is -0.497 e. The van der Waals surface area contributed by atoms with Gasteiger partial charge in [-0.1, -0.05) is 26.8 Å². The van der Waals surface area contributed by atoms with Gasteiger partial charge >= 0.3 is 0 Å². The summed E-state index contributed by atoms with van der Waals surface area (Å²) in [5.41, 5.74) is 1.05. The maximum absolute atomic E-state index is 9.13. The SMILES string of the molecule is COc1cccc(NC(C#N)CC(C)(C)C)c1. The summed E-state index contributed by atoms with van der Waals surface area (Å²) in [6.07, 6.45) is 0.806. The molecule has 1 N–H and O–H groups in total. The van der Waals surface area contributed by atoms with Gasteiger partial charge in [-0.15, -0.1) is 0 Å². The minimum absolute atomic E-state index is 0.131. The lowest BCUT2D eigenvalue weighted by Gasteiger charge is -2.23. The number of nitrogens with zero attached hydrogens (tertiary/aromatic N) is 1. The van der Waals surface area contributed by atoms with Gasteiger partial charge in [-0.25, -0.2) is 0 Å². The minimum atomic E-state index is -0.179. The number of anilines is 1. The van der Waals surface area contributed by atoms with Crippen molar-refractivity contribution in [1.29, 1.82) is 5.26 Å². The highest BCUT2D eigenvalue weighted by molar-refractivity contribution is 5.49. The van der Waals surface area contributed by atoms with E-state index in [1.165, 1.54) is 0 Å². The molecule has 0 heterocycles. The Kier molecular flexibility index (Phi) is 4.39. The molecular weight excluding hydrogens is 212 g/mol. The van der Waals surface area contributed by atoms with Crippen molar-refractivity contribution in [3.05, 3.63) is 24.3 Å². The van der Waals surface area contributed by atoms with E-state index in [-0.39, 0.29) is 11.5 Å². The van der Waals surface area contributed by atoms with Gasteiger partial charge in [0.25, 0.3) is 0 Å². The largest absolute Gasteiger partial charge is 0.497 e. The van der Waals surface area contributed by atoms with Gasteiger partial charge in [0.2, 0.25) is 0 Å². The fourth-order valence-corrected chi connectivity index (χ4v) is 1.66. The van der Waals surface area contributed by atoms with Crippen LogP contribution < -0.4 is 10.1 Å². The number of benzene rings is 1. The topological polar surface area (TPSA) is 45.0 Å². The number of ether oxygens (including phenoxy) is 1. The fraction of sp³-hybridized carbons (Fsp3) is 0.500. The van der Waals surface area contributed by atoms with Crippen LogP contribution in [0.5, 0.6) is 5.75 Å². The first kappa shape index (κ1) is 13.4. The predicted molar refractivity (Wildman–Crippen MR) is 70.1 cm³/mol. The van der Waals surface area contributed by atoms with E-state index in [4.69, 9.17) is 10.00 Å². The molecule has 1 rings (SSSR count). The molecule has 17 heavy (non-hydrogen) atoms. The number of nitriles is 1. The molecule has 1 aromatic rings. The summed E-state index contributed by atoms with van der Waals surface area (Å²) < 4.78 is 5.15. The molecule has 3 nitrogen and oxygen atoms in total. The van der Waals surface area contributed by atoms with Crippen LogP contribution in [-0.4, -0.2) is 13.2 Å². The third kappa shape index (κ3) is 4.78. The summed E-state index contributed by atoms with van der Waals surface area (Å²) in [7, 11) is 1.63. The second-order valence-electron chi connectivity index (χ2n) is 5.32. The van der Waals surface area contributed by atoms with Crippen molar-refractivity contribution >= 4 is 5.69 Å². The molecule has 0 aliphatic carbocycles. The highest BCUT2D eigenvalue weighted by Gasteiger charge is 2.18. The fourth-order valence-electron chi connectivity index (χ4n) is 1.66. The molecule has 0 amide bonds. The van der Waals surface area contributed by atoms with E-state index in [9.17, 15) is 0 Å². The zero-order chi connectivity index (χ0) is 12.9. The van der Waals surface area contributed by atoms with Crippen LogP contribution in [0.1, 0.15) is 27.2 Å². The Balaban J connectivity index is 2.71. The van der Waals surface area contributed by atoms with Gasteiger partial charge in [-0.2, -0.15) is 5.26 Å². The zero-order valence-corrected chi connectivity index (χ0v) is 10.9. The van der Waals surface area contributed by atoms with Crippen molar-refractivity contribution in [3.8, 4) is 11.8 Å². The second-order valence-corrected chi connectivity index (χ2v) is 5.32. The zero-order valence-electron chi connectivity index (χ0n) is 10.9. The molecule has 0 fully saturated rings. The van der Waals surface area contributed by atoms with Gasteiger partial charge < -0.3 is 10.1 Å². The lowest BCUT2D eigenvalue weighted by Crippen LogP contribution is -2.24. The number of nitrogens with one attached hydrogen (secondary N) is 1. The molecule has 0 saturated heterocycles. The van der Waals surface area contributed by atoms with Crippen molar-refractivity contribution in [3.63, 3.8) is 0 Å². The van der Waals surface area contributed by atoms with Crippen molar-refractivity contribution in [1.82, 2.24) is 0 Å². The van der Waals surface area contributed by atoms with Gasteiger partial charge in [0, 0.05) is 11.8 Å². The molecule has 3 heteroatoms. The number of methoxy groups -OCH3 is 1. The quantitative estimate of drug-likeness (QED) is 0.865. The van der Waals surface area contributed by atoms with Crippen LogP contribution in [0.15, 0.2) is 24.3 Å². The Labute approximate surface area is 103 Å². The third-order valence-electron chi connectivity index (χ3n) is 2.38. The molecule has 0 aliphatic heterocycles. The number of hydrogen-bond acceptors (Lipinski definition) is 3. The van der Waals surface area contributed by atoms with Crippen LogP contribution in [0, 0.1) is 16.7 Å². The van der Waals surface area contributed by atoms with Crippen LogP contribution in [0.3, 0.4) is 0 Å². The van der Waals surface area contributed by atoms with E-state index < -0.39 is 0 Å². The van der Waals surface area contributed by atoms with E-state index in [1.807, 2.05) is 24.3 Å². The summed E-state index contributed by atoms with van der Waals surface area (Å²) in [6, 6.07) is 9.74. The van der Waals surface area contributed by atoms with Gasteiger partial charge in [0.05, 0.1) is 13.2 Å². The Bertz CT molecular complexity index is 401. The number of hydrogen-bond donors (Lipinski definition) is 1. The van der Waals surface area contributed by atoms with Crippen molar-refractivity contribution in [2.75, 3.05) is 12.4 Å². The van der Waals surface area contributed by atoms with E-state index in [2.05, 4.69) is 32.2 Å². The Morgan fingerprint density at radius 3 is 2.65 bits per heavy atom. The van der Waals surface area contributed by atoms with E-state index in [0.717, 1.165) is 17.9 Å². The summed E-state index contributed by atoms with van der Waals surface area (Å²) in [6.45, 7) is 6.39. The first-order valence-electron chi connectivity index (χ1n) is 5.75. The lowest BCUT2D eigenvalue weighted by atomic mass is 9.88. The van der Waals surface area contributed by atoms with E-state index >= 15 is 0 Å². The van der Waals surface area contributed by atoms with Crippen molar-refractivity contribution in [2.45, 2.75) is 33.2 Å². The summed E-state index contributed by atoms with van der Waals surface area (Å²) in [4.78, 5) is 0. The predicted octanol–water partition coefficient (Wildman–Crippen LogP) is 3.44. The molecule has 92 valence electrons. The molecule has 0 spiro atoms. The van der Waals surface area contributed by atoms with Crippen LogP contribution in [-0.2, 0) is 0 Å². The molecule has 0 aromatic heterocycles. The van der Waals surface area contributed by atoms with Crippen LogP contribution in [0.2, 0.25) is 0 Å². The van der Waals surface area contributed by atoms with Crippen LogP contribution in [0.4, 0.5) is 5.69 Å². The first-order chi connectivity index (χ1) is 7.94. The first-order valence-corrected chi connectivity index (χ1v) is 5.75. The highest BCUT2D eigenvalue weighted by Crippen LogP contribution is 2.24. The average molecular weight is 232 g/mol. The van der Waals surface area contributed by atoms with Crippen molar-refractivity contribution < 1.29 is 4.74 Å². The second kappa shape index (κ2) is 5.58. The molecule has 0 aliphatic rings. The monoisotopic (exact) mass is 232 g/mol. The highest BCUT2D eigenvalue weighted by atomic mass is 16.5. The Morgan fingerprint density at radius 2 is 2.12 bits per heavy atom. The third-order valence-corrected chi connectivity index (χ3v) is 2.38. The van der Waals surface area contributed by atoms with E-state index in [1.54, 1.807) is 7.11 Å². The molecule has 1 unspecified atom stereocenters. The smallest absolute Gasteiger partial charge is 0.120 e. The van der Waals surface area contributed by atoms with Gasteiger partial charge in [-0.3, -0.25) is 0 Å². The summed E-state index contributed by atoms with van der Waals surface area (Å²) >= 11 is 0. The summed E-state index contributed by atoms with van der Waals surface area (Å²) in [5, 5.41) is 12.4. The Morgan fingerprint density at radius 1 is 1.41 bits per heavy atom. The van der Waals surface area contributed by atoms with E-state index in [0.29, 0.717) is 0 Å². The normalized spacial score (nSPS) is 12.6.